The van der Waals surface area contributed by atoms with Gasteiger partial charge in [-0.3, -0.25) is 0 Å². The van der Waals surface area contributed by atoms with Crippen molar-refractivity contribution in [2.24, 2.45) is 0 Å². The summed E-state index contributed by atoms with van der Waals surface area (Å²) in [7, 11) is 0. The van der Waals surface area contributed by atoms with Gasteiger partial charge in [0.15, 0.2) is 0 Å². The number of aromatic nitrogens is 2. The second-order valence-electron chi connectivity index (χ2n) is 11.9. The molecular weight excluding hydrogens is 484 g/mol. The largest absolute Gasteiger partial charge is 0.353 e. The van der Waals surface area contributed by atoms with Crippen molar-refractivity contribution in [1.29, 1.82) is 0 Å². The third-order valence-corrected chi connectivity index (χ3v) is 8.47. The molecule has 8 rings (SSSR count). The molecule has 2 heterocycles. The van der Waals surface area contributed by atoms with Gasteiger partial charge in [0.1, 0.15) is 0 Å². The molecule has 40 heavy (non-hydrogen) atoms. The van der Waals surface area contributed by atoms with Crippen LogP contribution in [0.5, 0.6) is 0 Å². The average Bonchev–Trinajstić information content (AvgIpc) is 3.52. The summed E-state index contributed by atoms with van der Waals surface area (Å²) >= 11 is 0. The Balaban J connectivity index is 1.56. The zero-order valence-corrected chi connectivity index (χ0v) is 23.0. The van der Waals surface area contributed by atoms with E-state index in [1.807, 2.05) is 0 Å². The minimum atomic E-state index is 0.0609. The second-order valence-corrected chi connectivity index (χ2v) is 11.9. The van der Waals surface area contributed by atoms with Crippen molar-refractivity contribution in [2.75, 3.05) is 0 Å². The van der Waals surface area contributed by atoms with Crippen LogP contribution in [0.15, 0.2) is 121 Å². The molecule has 0 aliphatic rings. The van der Waals surface area contributed by atoms with Gasteiger partial charge in [0.25, 0.3) is 0 Å². The lowest BCUT2D eigenvalue weighted by molar-refractivity contribution is 0.591. The highest BCUT2D eigenvalue weighted by molar-refractivity contribution is 6.34. The van der Waals surface area contributed by atoms with E-state index in [1.54, 1.807) is 0 Å². The van der Waals surface area contributed by atoms with Crippen LogP contribution in [0.1, 0.15) is 26.3 Å². The van der Waals surface area contributed by atoms with Crippen molar-refractivity contribution in [3.05, 3.63) is 127 Å². The molecule has 0 spiro atoms. The van der Waals surface area contributed by atoms with Gasteiger partial charge in [-0.25, -0.2) is 0 Å². The molecule has 8 aromatic rings. The minimum absolute atomic E-state index is 0.0609. The number of rotatable bonds is 2. The van der Waals surface area contributed by atoms with Crippen LogP contribution in [-0.2, 0) is 5.41 Å². The summed E-state index contributed by atoms with van der Waals surface area (Å²) in [5.74, 6) is 0. The van der Waals surface area contributed by atoms with Crippen LogP contribution < -0.4 is 0 Å². The lowest BCUT2D eigenvalue weighted by Crippen LogP contribution is -2.10. The van der Waals surface area contributed by atoms with Crippen LogP contribution in [0.4, 0.5) is 0 Å². The highest BCUT2D eigenvalue weighted by atomic mass is 15.0. The van der Waals surface area contributed by atoms with Crippen LogP contribution >= 0.6 is 0 Å². The molecule has 6 aromatic carbocycles. The number of hydrogen-bond acceptors (Lipinski definition) is 0. The van der Waals surface area contributed by atoms with Crippen LogP contribution in [0, 0.1) is 0 Å². The number of hydrogen-bond donors (Lipinski definition) is 1. The Morgan fingerprint density at radius 1 is 0.525 bits per heavy atom. The summed E-state index contributed by atoms with van der Waals surface area (Å²) in [4.78, 5) is 3.86. The molecule has 0 unspecified atom stereocenters. The molecule has 0 radical (unpaired) electrons. The van der Waals surface area contributed by atoms with Crippen molar-refractivity contribution in [3.8, 4) is 16.8 Å². The molecule has 0 saturated heterocycles. The molecule has 0 bridgehead atoms. The van der Waals surface area contributed by atoms with Crippen LogP contribution in [0.2, 0.25) is 0 Å². The maximum atomic E-state index is 3.86. The number of nitrogens with zero attached hydrogens (tertiary/aromatic N) is 1. The lowest BCUT2D eigenvalue weighted by Gasteiger charge is -2.19. The monoisotopic (exact) mass is 514 g/mol. The summed E-state index contributed by atoms with van der Waals surface area (Å²) in [6, 6.07) is 44.3. The average molecular weight is 515 g/mol. The van der Waals surface area contributed by atoms with Crippen LogP contribution in [-0.4, -0.2) is 9.55 Å². The maximum absolute atomic E-state index is 3.86. The summed E-state index contributed by atoms with van der Waals surface area (Å²) in [6.07, 6.45) is 0. The van der Waals surface area contributed by atoms with Crippen molar-refractivity contribution in [3.63, 3.8) is 0 Å². The Morgan fingerprint density at radius 2 is 1.12 bits per heavy atom. The summed E-state index contributed by atoms with van der Waals surface area (Å²) in [6.45, 7) is 6.87. The Morgan fingerprint density at radius 3 is 1.82 bits per heavy atom. The van der Waals surface area contributed by atoms with Gasteiger partial charge in [-0.05, 0) is 62.5 Å². The SMILES string of the molecule is CC(C)(C)c1ccc2[nH]c3c4c5ccccc5c5ccccc5c4n(-c4ccc(-c5ccccc5)cc4)c3c2c1. The van der Waals surface area contributed by atoms with Crippen LogP contribution in [0.3, 0.4) is 0 Å². The standard InChI is InChI=1S/C38H30N2/c1-38(2,3)26-19-22-33-32(23-26)37-35(39-33)34-30-15-9-7-13-28(30)29-14-8-10-16-31(29)36(34)40(37)27-20-17-25(18-21-27)24-11-5-4-6-12-24/h4-23,39H,1-3H3. The van der Waals surface area contributed by atoms with E-state index in [-0.39, 0.29) is 5.41 Å². The van der Waals surface area contributed by atoms with E-state index in [0.717, 1.165) is 0 Å². The predicted molar refractivity (Wildman–Crippen MR) is 172 cm³/mol. The molecule has 0 atom stereocenters. The van der Waals surface area contributed by atoms with Gasteiger partial charge in [-0.1, -0.05) is 118 Å². The molecule has 0 fully saturated rings. The van der Waals surface area contributed by atoms with Gasteiger partial charge in [-0.15, -0.1) is 0 Å². The third-order valence-electron chi connectivity index (χ3n) is 8.47. The van der Waals surface area contributed by atoms with E-state index in [9.17, 15) is 0 Å². The summed E-state index contributed by atoms with van der Waals surface area (Å²) < 4.78 is 2.50. The van der Waals surface area contributed by atoms with Gasteiger partial charge in [0, 0.05) is 27.4 Å². The Labute approximate surface area is 233 Å². The Kier molecular flexibility index (Phi) is 4.82. The van der Waals surface area contributed by atoms with Gasteiger partial charge >= 0.3 is 0 Å². The summed E-state index contributed by atoms with van der Waals surface area (Å²) in [5.41, 5.74) is 9.89. The fourth-order valence-electron chi connectivity index (χ4n) is 6.47. The topological polar surface area (TPSA) is 20.7 Å². The first kappa shape index (κ1) is 23.1. The van der Waals surface area contributed by atoms with Crippen molar-refractivity contribution in [1.82, 2.24) is 9.55 Å². The van der Waals surface area contributed by atoms with E-state index < -0.39 is 0 Å². The number of aromatic amines is 1. The molecule has 0 amide bonds. The quantitative estimate of drug-likeness (QED) is 0.222. The molecule has 0 aliphatic heterocycles. The maximum Gasteiger partial charge on any atom is 0.0798 e. The zero-order chi connectivity index (χ0) is 27.0. The second kappa shape index (κ2) is 8.34. The Hall–Kier alpha value is -4.82. The van der Waals surface area contributed by atoms with Crippen molar-refractivity contribution < 1.29 is 0 Å². The fraction of sp³-hybridized carbons (Fsp3) is 0.105. The lowest BCUT2D eigenvalue weighted by atomic mass is 9.86. The van der Waals surface area contributed by atoms with Gasteiger partial charge in [-0.2, -0.15) is 0 Å². The van der Waals surface area contributed by atoms with E-state index in [0.29, 0.717) is 0 Å². The van der Waals surface area contributed by atoms with E-state index in [2.05, 4.69) is 152 Å². The summed E-state index contributed by atoms with van der Waals surface area (Å²) in [5, 5.41) is 7.67. The highest BCUT2D eigenvalue weighted by Gasteiger charge is 2.23. The van der Waals surface area contributed by atoms with Crippen molar-refractivity contribution >= 4 is 54.4 Å². The van der Waals surface area contributed by atoms with Gasteiger partial charge in [0.2, 0.25) is 0 Å². The molecule has 2 aromatic heterocycles. The molecule has 192 valence electrons. The Bertz CT molecular complexity index is 2220. The molecule has 0 saturated carbocycles. The first-order valence-corrected chi connectivity index (χ1v) is 14.0. The molecule has 0 aliphatic carbocycles. The zero-order valence-electron chi connectivity index (χ0n) is 23.0. The normalized spacial score (nSPS) is 12.4. The van der Waals surface area contributed by atoms with Crippen LogP contribution in [0.25, 0.3) is 71.2 Å². The number of H-pyrrole nitrogens is 1. The van der Waals surface area contributed by atoms with E-state index in [1.165, 1.54) is 76.8 Å². The predicted octanol–water partition coefficient (Wildman–Crippen LogP) is 10.5. The first-order valence-electron chi connectivity index (χ1n) is 14.0. The van der Waals surface area contributed by atoms with E-state index in [4.69, 9.17) is 0 Å². The van der Waals surface area contributed by atoms with Gasteiger partial charge < -0.3 is 9.55 Å². The molecule has 2 nitrogen and oxygen atoms in total. The molecular formula is C38H30N2. The number of benzene rings is 6. The van der Waals surface area contributed by atoms with Gasteiger partial charge in [0.05, 0.1) is 16.6 Å². The smallest absolute Gasteiger partial charge is 0.0798 e. The van der Waals surface area contributed by atoms with E-state index >= 15 is 0 Å². The third kappa shape index (κ3) is 3.29. The first-order chi connectivity index (χ1) is 19.5. The molecule has 1 N–H and O–H groups in total. The number of fused-ring (bicyclic) bond motifs is 10. The number of nitrogens with one attached hydrogen (secondary N) is 1. The van der Waals surface area contributed by atoms with Crippen molar-refractivity contribution in [2.45, 2.75) is 26.2 Å². The fourth-order valence-corrected chi connectivity index (χ4v) is 6.47. The minimum Gasteiger partial charge on any atom is -0.353 e. The molecule has 2 heteroatoms. The highest BCUT2D eigenvalue weighted by Crippen LogP contribution is 2.44.